The van der Waals surface area contributed by atoms with Gasteiger partial charge in [-0.2, -0.15) is 18.2 Å². The molecule has 3 heterocycles. The Morgan fingerprint density at radius 2 is 1.93 bits per heavy atom. The van der Waals surface area contributed by atoms with Crippen molar-refractivity contribution < 1.29 is 24.5 Å². The number of hydrogen-bond acceptors (Lipinski definition) is 8. The molecule has 2 aliphatic rings. The zero-order chi connectivity index (χ0) is 21.9. The SMILES string of the molecule is Cc1cc(Nc2ncnc(N)n2)c(=O)n2c1C(=O)NC21CCC(O)(C(F)(F)F)CC1.[HH]. The number of nitrogens with two attached hydrogens (primary N) is 1. The van der Waals surface area contributed by atoms with E-state index >= 15 is 0 Å². The number of nitrogens with one attached hydrogen (secondary N) is 2. The van der Waals surface area contributed by atoms with Gasteiger partial charge in [0.25, 0.3) is 11.5 Å². The highest BCUT2D eigenvalue weighted by atomic mass is 19.4. The molecule has 162 valence electrons. The number of amides is 1. The molecule has 0 atom stereocenters. The van der Waals surface area contributed by atoms with E-state index in [1.165, 1.54) is 10.6 Å². The average Bonchev–Trinajstić information content (AvgIpc) is 2.94. The number of halogens is 3. The predicted octanol–water partition coefficient (Wildman–Crippen LogP) is 1.18. The summed E-state index contributed by atoms with van der Waals surface area (Å²) in [5.74, 6) is -0.628. The van der Waals surface area contributed by atoms with Crippen LogP contribution in [0.4, 0.5) is 30.8 Å². The third-order valence-electron chi connectivity index (χ3n) is 5.65. The Labute approximate surface area is 168 Å². The molecule has 1 aliphatic heterocycles. The van der Waals surface area contributed by atoms with Crippen LogP contribution < -0.4 is 21.9 Å². The van der Waals surface area contributed by atoms with Crippen molar-refractivity contribution in [2.75, 3.05) is 11.1 Å². The molecular weight excluding hydrogens is 407 g/mol. The van der Waals surface area contributed by atoms with Crippen LogP contribution in [0.25, 0.3) is 0 Å². The molecule has 0 unspecified atom stereocenters. The lowest BCUT2D eigenvalue weighted by molar-refractivity contribution is -0.275. The topological polar surface area (TPSA) is 148 Å². The maximum atomic E-state index is 13.2. The number of aliphatic hydroxyl groups is 1. The number of rotatable bonds is 2. The fourth-order valence-corrected chi connectivity index (χ4v) is 4.05. The maximum Gasteiger partial charge on any atom is 0.417 e. The fourth-order valence-electron chi connectivity index (χ4n) is 4.05. The van der Waals surface area contributed by atoms with Gasteiger partial charge in [0.05, 0.1) is 0 Å². The fraction of sp³-hybridized carbons (Fsp3) is 0.471. The summed E-state index contributed by atoms with van der Waals surface area (Å²) < 4.78 is 40.8. The lowest BCUT2D eigenvalue weighted by Gasteiger charge is -2.43. The van der Waals surface area contributed by atoms with Gasteiger partial charge in [0.1, 0.15) is 23.4 Å². The Kier molecular flexibility index (Phi) is 4.27. The molecular formula is C17H20F3N7O3. The monoisotopic (exact) mass is 427 g/mol. The quantitative estimate of drug-likeness (QED) is 0.558. The van der Waals surface area contributed by atoms with E-state index in [4.69, 9.17) is 5.73 Å². The summed E-state index contributed by atoms with van der Waals surface area (Å²) in [6, 6.07) is 1.43. The molecule has 0 radical (unpaired) electrons. The Hall–Kier alpha value is -3.22. The van der Waals surface area contributed by atoms with Gasteiger partial charge in [-0.25, -0.2) is 9.97 Å². The van der Waals surface area contributed by atoms with Crippen molar-refractivity contribution in [2.24, 2.45) is 0 Å². The molecule has 0 aromatic carbocycles. The van der Waals surface area contributed by atoms with Gasteiger partial charge < -0.3 is 21.5 Å². The second-order valence-electron chi connectivity index (χ2n) is 7.54. The lowest BCUT2D eigenvalue weighted by atomic mass is 9.78. The van der Waals surface area contributed by atoms with E-state index in [2.05, 4.69) is 25.6 Å². The van der Waals surface area contributed by atoms with E-state index in [1.807, 2.05) is 0 Å². The van der Waals surface area contributed by atoms with Gasteiger partial charge in [0.15, 0.2) is 5.60 Å². The normalized spacial score (nSPS) is 25.8. The highest BCUT2D eigenvalue weighted by Gasteiger charge is 2.59. The third-order valence-corrected chi connectivity index (χ3v) is 5.65. The molecule has 5 N–H and O–H groups in total. The van der Waals surface area contributed by atoms with Crippen molar-refractivity contribution in [1.29, 1.82) is 0 Å². The molecule has 2 aromatic rings. The van der Waals surface area contributed by atoms with Gasteiger partial charge in [-0.05, 0) is 44.2 Å². The summed E-state index contributed by atoms with van der Waals surface area (Å²) in [5, 5.41) is 15.4. The van der Waals surface area contributed by atoms with Gasteiger partial charge in [0.2, 0.25) is 11.9 Å². The summed E-state index contributed by atoms with van der Waals surface area (Å²) in [5.41, 5.74) is 1.18. The molecule has 2 aromatic heterocycles. The minimum absolute atomic E-state index is 0. The van der Waals surface area contributed by atoms with Gasteiger partial charge in [-0.15, -0.1) is 0 Å². The van der Waals surface area contributed by atoms with Crippen molar-refractivity contribution in [2.45, 2.75) is 50.0 Å². The molecule has 30 heavy (non-hydrogen) atoms. The first kappa shape index (κ1) is 20.1. The highest BCUT2D eigenvalue weighted by Crippen LogP contribution is 2.47. The maximum absolute atomic E-state index is 13.2. The van der Waals surface area contributed by atoms with E-state index in [-0.39, 0.29) is 37.5 Å². The molecule has 10 nitrogen and oxygen atoms in total. The largest absolute Gasteiger partial charge is 0.417 e. The minimum Gasteiger partial charge on any atom is -0.380 e. The average molecular weight is 427 g/mol. The summed E-state index contributed by atoms with van der Waals surface area (Å²) in [6.07, 6.45) is -5.48. The second-order valence-corrected chi connectivity index (χ2v) is 7.54. The molecule has 1 amide bonds. The Balaban J connectivity index is 0.00000272. The summed E-state index contributed by atoms with van der Waals surface area (Å²) in [4.78, 5) is 37.1. The number of alkyl halides is 3. The molecule has 1 aliphatic carbocycles. The Morgan fingerprint density at radius 1 is 1.27 bits per heavy atom. The van der Waals surface area contributed by atoms with Gasteiger partial charge >= 0.3 is 6.18 Å². The van der Waals surface area contributed by atoms with Gasteiger partial charge in [-0.3, -0.25) is 14.2 Å². The molecule has 1 fully saturated rings. The second kappa shape index (κ2) is 6.39. The Morgan fingerprint density at radius 3 is 2.53 bits per heavy atom. The number of fused-ring (bicyclic) bond motifs is 2. The molecule has 1 saturated carbocycles. The van der Waals surface area contributed by atoms with Crippen LogP contribution in [0.15, 0.2) is 17.2 Å². The number of aryl methyl sites for hydroxylation is 1. The zero-order valence-corrected chi connectivity index (χ0v) is 15.7. The predicted molar refractivity (Wildman–Crippen MR) is 100.0 cm³/mol. The zero-order valence-electron chi connectivity index (χ0n) is 15.7. The molecule has 4 rings (SSSR count). The number of aromatic nitrogens is 4. The smallest absolute Gasteiger partial charge is 0.380 e. The number of pyridine rings is 1. The van der Waals surface area contributed by atoms with Crippen molar-refractivity contribution in [3.63, 3.8) is 0 Å². The summed E-state index contributed by atoms with van der Waals surface area (Å²) in [7, 11) is 0. The van der Waals surface area contributed by atoms with E-state index in [0.717, 1.165) is 6.33 Å². The van der Waals surface area contributed by atoms with Crippen LogP contribution in [-0.2, 0) is 5.66 Å². The third kappa shape index (κ3) is 2.96. The molecule has 1 spiro atoms. The number of carbonyl (C=O) groups excluding carboxylic acids is 1. The first-order chi connectivity index (χ1) is 14.0. The first-order valence-electron chi connectivity index (χ1n) is 9.06. The van der Waals surface area contributed by atoms with E-state index in [1.54, 1.807) is 6.92 Å². The minimum atomic E-state index is -4.80. The van der Waals surface area contributed by atoms with Crippen LogP contribution in [0.3, 0.4) is 0 Å². The highest BCUT2D eigenvalue weighted by molar-refractivity contribution is 5.97. The number of hydrogen-bond donors (Lipinski definition) is 4. The van der Waals surface area contributed by atoms with Crippen LogP contribution in [0.1, 0.15) is 43.2 Å². The van der Waals surface area contributed by atoms with Crippen LogP contribution in [0, 0.1) is 6.92 Å². The van der Waals surface area contributed by atoms with Crippen molar-refractivity contribution in [3.8, 4) is 0 Å². The van der Waals surface area contributed by atoms with Crippen LogP contribution in [0.2, 0.25) is 0 Å². The lowest BCUT2D eigenvalue weighted by Crippen LogP contribution is -2.57. The number of nitrogens with zero attached hydrogens (tertiary/aromatic N) is 4. The van der Waals surface area contributed by atoms with Crippen molar-refractivity contribution in [1.82, 2.24) is 24.8 Å². The summed E-state index contributed by atoms with van der Waals surface area (Å²) >= 11 is 0. The number of anilines is 3. The molecule has 0 bridgehead atoms. The van der Waals surface area contributed by atoms with Crippen LogP contribution in [0.5, 0.6) is 0 Å². The van der Waals surface area contributed by atoms with Crippen LogP contribution in [-0.4, -0.2) is 42.3 Å². The number of nitrogen functional groups attached to an aromatic ring is 1. The van der Waals surface area contributed by atoms with Crippen LogP contribution >= 0.6 is 0 Å². The van der Waals surface area contributed by atoms with Gasteiger partial charge in [-0.1, -0.05) is 0 Å². The Bertz CT molecular complexity index is 1100. The van der Waals surface area contributed by atoms with E-state index < -0.39 is 41.7 Å². The molecule has 13 heteroatoms. The van der Waals surface area contributed by atoms with Gasteiger partial charge in [0, 0.05) is 1.43 Å². The van der Waals surface area contributed by atoms with Crippen molar-refractivity contribution >= 4 is 23.5 Å². The number of carbonyl (C=O) groups is 1. The van der Waals surface area contributed by atoms with Crippen molar-refractivity contribution in [3.05, 3.63) is 34.0 Å². The van der Waals surface area contributed by atoms with E-state index in [9.17, 15) is 27.9 Å². The van der Waals surface area contributed by atoms with E-state index in [0.29, 0.717) is 5.56 Å². The summed E-state index contributed by atoms with van der Waals surface area (Å²) in [6.45, 7) is 1.60. The first-order valence-corrected chi connectivity index (χ1v) is 9.06. The standard InChI is InChI=1S/C17H18F3N7O3.H2/c1-8-6-9(24-14-23-7-22-13(21)25-14)12(29)27-10(8)11(28)26-16(27)4-2-15(30,3-5-16)17(18,19)20;/h6-7,30H,2-5H2,1H3,(H,26,28)(H3,21,22,23,24,25);1H. The molecule has 0 saturated heterocycles.